The molecule has 0 spiro atoms. The van der Waals surface area contributed by atoms with Gasteiger partial charge in [0.2, 0.25) is 0 Å². The summed E-state index contributed by atoms with van der Waals surface area (Å²) in [4.78, 5) is 20.6. The number of rotatable bonds is 3. The Kier molecular flexibility index (Phi) is 3.82. The molecule has 1 aromatic carbocycles. The molecule has 1 aliphatic rings. The number of likely N-dealkylation sites (N-methyl/N-ethyl adjacent to an activating group) is 1. The summed E-state index contributed by atoms with van der Waals surface area (Å²) in [5.41, 5.74) is 2.20. The average Bonchev–Trinajstić information content (AvgIpc) is 2.92. The van der Waals surface area contributed by atoms with E-state index >= 15 is 0 Å². The van der Waals surface area contributed by atoms with Gasteiger partial charge in [-0.2, -0.15) is 0 Å². The van der Waals surface area contributed by atoms with Crippen LogP contribution in [-0.2, 0) is 0 Å². The summed E-state index contributed by atoms with van der Waals surface area (Å²) < 4.78 is 0.959. The Morgan fingerprint density at radius 2 is 2.05 bits per heavy atom. The van der Waals surface area contributed by atoms with Gasteiger partial charge in [0.05, 0.1) is 15.8 Å². The fourth-order valence-corrected chi connectivity index (χ4v) is 3.83. The van der Waals surface area contributed by atoms with Crippen LogP contribution in [0.1, 0.15) is 22.8 Å². The Labute approximate surface area is 127 Å². The van der Waals surface area contributed by atoms with Crippen molar-refractivity contribution in [3.05, 3.63) is 23.3 Å². The highest BCUT2D eigenvalue weighted by atomic mass is 32.1. The second-order valence-corrected chi connectivity index (χ2v) is 6.37. The van der Waals surface area contributed by atoms with Crippen LogP contribution in [0.5, 0.6) is 0 Å². The van der Waals surface area contributed by atoms with Crippen LogP contribution in [0.25, 0.3) is 10.2 Å². The quantitative estimate of drug-likeness (QED) is 0.944. The smallest absolute Gasteiger partial charge is 0.335 e. The maximum Gasteiger partial charge on any atom is 0.335 e. The second-order valence-electron chi connectivity index (χ2n) is 5.36. The normalized spacial score (nSPS) is 16.6. The monoisotopic (exact) mass is 305 g/mol. The number of hydrogen-bond donors (Lipinski definition) is 1. The number of carboxylic acid groups (broad SMARTS) is 1. The number of fused-ring (bicyclic) bond motifs is 1. The molecule has 0 aliphatic carbocycles. The number of nitrogens with zero attached hydrogens (tertiary/aromatic N) is 3. The van der Waals surface area contributed by atoms with E-state index in [0.29, 0.717) is 5.56 Å². The molecule has 0 radical (unpaired) electrons. The van der Waals surface area contributed by atoms with Crippen molar-refractivity contribution in [2.45, 2.75) is 13.8 Å². The standard InChI is InChI=1S/C15H19N3O2S/c1-3-17-4-6-18(7-5-17)15-16-13-10(2)8-11(14(19)20)9-12(13)21-15/h8-9H,3-7H2,1-2H3,(H,19,20). The second kappa shape index (κ2) is 5.61. The van der Waals surface area contributed by atoms with Crippen molar-refractivity contribution in [1.82, 2.24) is 9.88 Å². The van der Waals surface area contributed by atoms with Crippen LogP contribution in [0.3, 0.4) is 0 Å². The molecule has 0 bridgehead atoms. The van der Waals surface area contributed by atoms with Gasteiger partial charge in [-0.25, -0.2) is 9.78 Å². The minimum absolute atomic E-state index is 0.339. The van der Waals surface area contributed by atoms with Crippen molar-refractivity contribution in [3.8, 4) is 0 Å². The number of aromatic nitrogens is 1. The molecule has 0 amide bonds. The fraction of sp³-hybridized carbons (Fsp3) is 0.467. The number of aryl methyl sites for hydroxylation is 1. The number of thiazole rings is 1. The third-order valence-electron chi connectivity index (χ3n) is 4.01. The van der Waals surface area contributed by atoms with E-state index in [4.69, 9.17) is 10.1 Å². The average molecular weight is 305 g/mol. The molecule has 6 heteroatoms. The number of hydrogen-bond acceptors (Lipinski definition) is 5. The molecular formula is C15H19N3O2S. The summed E-state index contributed by atoms with van der Waals surface area (Å²) in [6, 6.07) is 3.43. The third-order valence-corrected chi connectivity index (χ3v) is 5.07. The van der Waals surface area contributed by atoms with Crippen molar-refractivity contribution >= 4 is 32.7 Å². The summed E-state index contributed by atoms with van der Waals surface area (Å²) >= 11 is 1.59. The molecular weight excluding hydrogens is 286 g/mol. The highest BCUT2D eigenvalue weighted by Gasteiger charge is 2.20. The van der Waals surface area contributed by atoms with Gasteiger partial charge in [-0.1, -0.05) is 18.3 Å². The van der Waals surface area contributed by atoms with Crippen molar-refractivity contribution in [2.24, 2.45) is 0 Å². The molecule has 3 rings (SSSR count). The van der Waals surface area contributed by atoms with Crippen molar-refractivity contribution in [2.75, 3.05) is 37.6 Å². The van der Waals surface area contributed by atoms with E-state index in [2.05, 4.69) is 16.7 Å². The van der Waals surface area contributed by atoms with Gasteiger partial charge in [-0.3, -0.25) is 0 Å². The summed E-state index contributed by atoms with van der Waals surface area (Å²) in [7, 11) is 0. The Bertz CT molecular complexity index is 675. The lowest BCUT2D eigenvalue weighted by atomic mass is 10.1. The van der Waals surface area contributed by atoms with E-state index < -0.39 is 5.97 Å². The zero-order chi connectivity index (χ0) is 15.0. The number of anilines is 1. The lowest BCUT2D eigenvalue weighted by molar-refractivity contribution is 0.0697. The van der Waals surface area contributed by atoms with Crippen LogP contribution in [0.4, 0.5) is 5.13 Å². The van der Waals surface area contributed by atoms with Crippen LogP contribution in [0.15, 0.2) is 12.1 Å². The summed E-state index contributed by atoms with van der Waals surface area (Å²) in [6.45, 7) is 9.29. The van der Waals surface area contributed by atoms with Crippen molar-refractivity contribution in [1.29, 1.82) is 0 Å². The van der Waals surface area contributed by atoms with E-state index in [1.807, 2.05) is 6.92 Å². The Hall–Kier alpha value is -1.66. The van der Waals surface area contributed by atoms with Crippen molar-refractivity contribution in [3.63, 3.8) is 0 Å². The van der Waals surface area contributed by atoms with E-state index in [1.165, 1.54) is 0 Å². The van der Waals surface area contributed by atoms with Gasteiger partial charge in [0.25, 0.3) is 0 Å². The van der Waals surface area contributed by atoms with Gasteiger partial charge in [-0.15, -0.1) is 0 Å². The summed E-state index contributed by atoms with van der Waals surface area (Å²) in [5, 5.41) is 10.2. The maximum absolute atomic E-state index is 11.1. The molecule has 112 valence electrons. The molecule has 1 fully saturated rings. The molecule has 1 saturated heterocycles. The fourth-order valence-electron chi connectivity index (χ4n) is 2.70. The first-order valence-electron chi connectivity index (χ1n) is 7.20. The summed E-state index contributed by atoms with van der Waals surface area (Å²) in [6.07, 6.45) is 0. The molecule has 5 nitrogen and oxygen atoms in total. The van der Waals surface area contributed by atoms with Crippen molar-refractivity contribution < 1.29 is 9.90 Å². The first kappa shape index (κ1) is 14.3. The number of benzene rings is 1. The van der Waals surface area contributed by atoms with Crippen LogP contribution in [0.2, 0.25) is 0 Å². The van der Waals surface area contributed by atoms with E-state index in [-0.39, 0.29) is 0 Å². The molecule has 1 aromatic heterocycles. The predicted octanol–water partition coefficient (Wildman–Crippen LogP) is 2.44. The predicted molar refractivity (Wildman–Crippen MR) is 85.6 cm³/mol. The molecule has 0 saturated carbocycles. The number of piperazine rings is 1. The molecule has 0 unspecified atom stereocenters. The number of carboxylic acids is 1. The largest absolute Gasteiger partial charge is 0.478 e. The Balaban J connectivity index is 1.91. The van der Waals surface area contributed by atoms with Crippen LogP contribution < -0.4 is 4.90 Å². The van der Waals surface area contributed by atoms with Crippen LogP contribution >= 0.6 is 11.3 Å². The maximum atomic E-state index is 11.1. The number of carbonyl (C=O) groups is 1. The van der Waals surface area contributed by atoms with Crippen LogP contribution in [0, 0.1) is 6.92 Å². The SMILES string of the molecule is CCN1CCN(c2nc3c(C)cc(C(=O)O)cc3s2)CC1. The van der Waals surface area contributed by atoms with Gasteiger partial charge < -0.3 is 14.9 Å². The molecule has 2 heterocycles. The zero-order valence-electron chi connectivity index (χ0n) is 12.3. The molecule has 0 atom stereocenters. The molecule has 1 N–H and O–H groups in total. The first-order chi connectivity index (χ1) is 10.1. The minimum Gasteiger partial charge on any atom is -0.478 e. The van der Waals surface area contributed by atoms with Gasteiger partial charge in [0.1, 0.15) is 0 Å². The molecule has 2 aromatic rings. The minimum atomic E-state index is -0.883. The Morgan fingerprint density at radius 3 is 2.67 bits per heavy atom. The Morgan fingerprint density at radius 1 is 1.33 bits per heavy atom. The number of aromatic carboxylic acids is 1. The van der Waals surface area contributed by atoms with E-state index in [9.17, 15) is 4.79 Å². The highest BCUT2D eigenvalue weighted by molar-refractivity contribution is 7.22. The molecule has 21 heavy (non-hydrogen) atoms. The van der Waals surface area contributed by atoms with Gasteiger partial charge in [0.15, 0.2) is 5.13 Å². The van der Waals surface area contributed by atoms with E-state index in [1.54, 1.807) is 23.5 Å². The lowest BCUT2D eigenvalue weighted by Crippen LogP contribution is -2.46. The first-order valence-corrected chi connectivity index (χ1v) is 8.02. The van der Waals surface area contributed by atoms with Gasteiger partial charge in [0, 0.05) is 26.2 Å². The summed E-state index contributed by atoms with van der Waals surface area (Å²) in [5.74, 6) is -0.883. The third kappa shape index (κ3) is 2.73. The lowest BCUT2D eigenvalue weighted by Gasteiger charge is -2.33. The van der Waals surface area contributed by atoms with Crippen LogP contribution in [-0.4, -0.2) is 53.7 Å². The van der Waals surface area contributed by atoms with Gasteiger partial charge in [-0.05, 0) is 31.2 Å². The highest BCUT2D eigenvalue weighted by Crippen LogP contribution is 2.32. The zero-order valence-corrected chi connectivity index (χ0v) is 13.1. The van der Waals surface area contributed by atoms with E-state index in [0.717, 1.165) is 53.6 Å². The molecule has 1 aliphatic heterocycles. The topological polar surface area (TPSA) is 56.7 Å². The van der Waals surface area contributed by atoms with Gasteiger partial charge >= 0.3 is 5.97 Å².